The van der Waals surface area contributed by atoms with Crippen molar-refractivity contribution < 1.29 is 14.3 Å². The van der Waals surface area contributed by atoms with Gasteiger partial charge in [-0.25, -0.2) is 4.79 Å². The summed E-state index contributed by atoms with van der Waals surface area (Å²) in [5.41, 5.74) is 2.55. The van der Waals surface area contributed by atoms with Crippen LogP contribution in [0.5, 0.6) is 0 Å². The maximum absolute atomic E-state index is 11.5. The van der Waals surface area contributed by atoms with Crippen LogP contribution in [0, 0.1) is 0 Å². The van der Waals surface area contributed by atoms with Gasteiger partial charge in [-0.2, -0.15) is 0 Å². The standard InChI is InChI=1S/C14H19NO3/c1-3-17-14(16)15(2)9-13-8-11-6-4-5-7-12(11)10-18-13/h4-7,13H,3,8-10H2,1-2H3. The highest BCUT2D eigenvalue weighted by molar-refractivity contribution is 5.67. The van der Waals surface area contributed by atoms with E-state index in [0.717, 1.165) is 6.42 Å². The first-order valence-electron chi connectivity index (χ1n) is 6.27. The van der Waals surface area contributed by atoms with Gasteiger partial charge in [0.15, 0.2) is 0 Å². The highest BCUT2D eigenvalue weighted by Gasteiger charge is 2.22. The molecule has 0 bridgehead atoms. The molecule has 0 saturated carbocycles. The summed E-state index contributed by atoms with van der Waals surface area (Å²) in [6, 6.07) is 8.26. The first-order valence-corrected chi connectivity index (χ1v) is 6.27. The van der Waals surface area contributed by atoms with E-state index in [0.29, 0.717) is 19.8 Å². The molecule has 1 aromatic rings. The zero-order chi connectivity index (χ0) is 13.0. The molecule has 4 heteroatoms. The average Bonchev–Trinajstić information content (AvgIpc) is 2.39. The van der Waals surface area contributed by atoms with Crippen molar-refractivity contribution in [3.05, 3.63) is 35.4 Å². The van der Waals surface area contributed by atoms with Gasteiger partial charge in [0, 0.05) is 13.5 Å². The Labute approximate surface area is 107 Å². The molecular formula is C14H19NO3. The summed E-state index contributed by atoms with van der Waals surface area (Å²) in [7, 11) is 1.74. The Kier molecular flexibility index (Phi) is 4.20. The molecule has 0 aromatic heterocycles. The van der Waals surface area contributed by atoms with Crippen LogP contribution in [-0.2, 0) is 22.5 Å². The smallest absolute Gasteiger partial charge is 0.409 e. The summed E-state index contributed by atoms with van der Waals surface area (Å²) in [6.07, 6.45) is 0.606. The monoisotopic (exact) mass is 249 g/mol. The van der Waals surface area contributed by atoms with Crippen LogP contribution < -0.4 is 0 Å². The van der Waals surface area contributed by atoms with Gasteiger partial charge < -0.3 is 14.4 Å². The Morgan fingerprint density at radius 3 is 2.89 bits per heavy atom. The lowest BCUT2D eigenvalue weighted by molar-refractivity contribution is 0.00808. The molecule has 1 atom stereocenters. The molecule has 0 radical (unpaired) electrons. The van der Waals surface area contributed by atoms with E-state index in [4.69, 9.17) is 9.47 Å². The molecule has 0 saturated heterocycles. The van der Waals surface area contributed by atoms with Gasteiger partial charge in [-0.15, -0.1) is 0 Å². The van der Waals surface area contributed by atoms with Crippen LogP contribution in [0.3, 0.4) is 0 Å². The number of hydrogen-bond donors (Lipinski definition) is 0. The number of likely N-dealkylation sites (N-methyl/N-ethyl adjacent to an activating group) is 1. The molecule has 1 aliphatic rings. The van der Waals surface area contributed by atoms with E-state index in [1.807, 2.05) is 12.1 Å². The number of carbonyl (C=O) groups is 1. The van der Waals surface area contributed by atoms with Crippen LogP contribution in [0.15, 0.2) is 24.3 Å². The maximum Gasteiger partial charge on any atom is 0.409 e. The van der Waals surface area contributed by atoms with Gasteiger partial charge in [0.05, 0.1) is 25.9 Å². The zero-order valence-corrected chi connectivity index (χ0v) is 10.9. The second-order valence-corrected chi connectivity index (χ2v) is 4.49. The third kappa shape index (κ3) is 3.01. The highest BCUT2D eigenvalue weighted by Crippen LogP contribution is 2.20. The third-order valence-corrected chi connectivity index (χ3v) is 3.10. The second kappa shape index (κ2) is 5.87. The first-order chi connectivity index (χ1) is 8.70. The van der Waals surface area contributed by atoms with Gasteiger partial charge in [-0.1, -0.05) is 24.3 Å². The number of carbonyl (C=O) groups excluding carboxylic acids is 1. The van der Waals surface area contributed by atoms with Crippen LogP contribution in [0.4, 0.5) is 4.79 Å². The van der Waals surface area contributed by atoms with Crippen molar-refractivity contribution >= 4 is 6.09 Å². The summed E-state index contributed by atoms with van der Waals surface area (Å²) < 4.78 is 10.7. The number of rotatable bonds is 3. The van der Waals surface area contributed by atoms with E-state index in [1.54, 1.807) is 18.9 Å². The van der Waals surface area contributed by atoms with Crippen molar-refractivity contribution in [2.24, 2.45) is 0 Å². The van der Waals surface area contributed by atoms with Crippen molar-refractivity contribution in [2.75, 3.05) is 20.2 Å². The Bertz CT molecular complexity index is 419. The largest absolute Gasteiger partial charge is 0.450 e. The van der Waals surface area contributed by atoms with Gasteiger partial charge in [0.25, 0.3) is 0 Å². The number of hydrogen-bond acceptors (Lipinski definition) is 3. The van der Waals surface area contributed by atoms with E-state index in [2.05, 4.69) is 12.1 Å². The molecular weight excluding hydrogens is 230 g/mol. The van der Waals surface area contributed by atoms with Crippen LogP contribution in [0.2, 0.25) is 0 Å². The molecule has 98 valence electrons. The van der Waals surface area contributed by atoms with Gasteiger partial charge in [-0.05, 0) is 18.1 Å². The second-order valence-electron chi connectivity index (χ2n) is 4.49. The minimum absolute atomic E-state index is 0.0503. The van der Waals surface area contributed by atoms with Crippen molar-refractivity contribution in [3.8, 4) is 0 Å². The molecule has 2 rings (SSSR count). The van der Waals surface area contributed by atoms with Crippen molar-refractivity contribution in [1.82, 2.24) is 4.90 Å². The summed E-state index contributed by atoms with van der Waals surface area (Å²) >= 11 is 0. The molecule has 1 heterocycles. The molecule has 1 amide bonds. The van der Waals surface area contributed by atoms with Gasteiger partial charge in [0.1, 0.15) is 0 Å². The topological polar surface area (TPSA) is 38.8 Å². The van der Waals surface area contributed by atoms with Crippen molar-refractivity contribution in [1.29, 1.82) is 0 Å². The molecule has 0 fully saturated rings. The molecule has 1 aromatic carbocycles. The van der Waals surface area contributed by atoms with Gasteiger partial charge in [-0.3, -0.25) is 0 Å². The predicted molar refractivity (Wildman–Crippen MR) is 68.4 cm³/mol. The number of ether oxygens (including phenoxy) is 2. The van der Waals surface area contributed by atoms with Gasteiger partial charge >= 0.3 is 6.09 Å². The van der Waals surface area contributed by atoms with Crippen molar-refractivity contribution in [3.63, 3.8) is 0 Å². The van der Waals surface area contributed by atoms with Gasteiger partial charge in [0.2, 0.25) is 0 Å². The van der Waals surface area contributed by atoms with Crippen LogP contribution >= 0.6 is 0 Å². The summed E-state index contributed by atoms with van der Waals surface area (Å²) in [4.78, 5) is 13.1. The minimum atomic E-state index is -0.292. The van der Waals surface area contributed by atoms with Crippen molar-refractivity contribution in [2.45, 2.75) is 26.1 Å². The molecule has 0 N–H and O–H groups in total. The fraction of sp³-hybridized carbons (Fsp3) is 0.500. The number of amides is 1. The quantitative estimate of drug-likeness (QED) is 0.824. The van der Waals surface area contributed by atoms with Crippen LogP contribution in [-0.4, -0.2) is 37.3 Å². The molecule has 0 spiro atoms. The third-order valence-electron chi connectivity index (χ3n) is 3.10. The summed E-state index contributed by atoms with van der Waals surface area (Å²) in [5, 5.41) is 0. The number of fused-ring (bicyclic) bond motifs is 1. The first kappa shape index (κ1) is 12.9. The summed E-state index contributed by atoms with van der Waals surface area (Å²) in [5.74, 6) is 0. The Morgan fingerprint density at radius 2 is 2.17 bits per heavy atom. The Morgan fingerprint density at radius 1 is 1.44 bits per heavy atom. The SMILES string of the molecule is CCOC(=O)N(C)CC1Cc2ccccc2CO1. The zero-order valence-electron chi connectivity index (χ0n) is 10.9. The predicted octanol–water partition coefficient (Wildman–Crippen LogP) is 2.22. The van der Waals surface area contributed by atoms with E-state index < -0.39 is 0 Å². The fourth-order valence-corrected chi connectivity index (χ4v) is 2.14. The highest BCUT2D eigenvalue weighted by atomic mass is 16.6. The molecule has 0 aliphatic carbocycles. The lowest BCUT2D eigenvalue weighted by Gasteiger charge is -2.28. The van der Waals surface area contributed by atoms with Crippen LogP contribution in [0.1, 0.15) is 18.1 Å². The lowest BCUT2D eigenvalue weighted by atomic mass is 9.99. The number of nitrogens with zero attached hydrogens (tertiary/aromatic N) is 1. The average molecular weight is 249 g/mol. The van der Waals surface area contributed by atoms with E-state index in [9.17, 15) is 4.79 Å². The number of benzene rings is 1. The van der Waals surface area contributed by atoms with Crippen LogP contribution in [0.25, 0.3) is 0 Å². The Hall–Kier alpha value is -1.55. The summed E-state index contributed by atoms with van der Waals surface area (Å²) in [6.45, 7) is 3.39. The normalized spacial score (nSPS) is 18.0. The minimum Gasteiger partial charge on any atom is -0.450 e. The van der Waals surface area contributed by atoms with E-state index in [1.165, 1.54) is 11.1 Å². The Balaban J connectivity index is 1.91. The van der Waals surface area contributed by atoms with E-state index in [-0.39, 0.29) is 12.2 Å². The molecule has 4 nitrogen and oxygen atoms in total. The van der Waals surface area contributed by atoms with E-state index >= 15 is 0 Å². The molecule has 1 aliphatic heterocycles. The molecule has 1 unspecified atom stereocenters. The fourth-order valence-electron chi connectivity index (χ4n) is 2.14. The lowest BCUT2D eigenvalue weighted by Crippen LogP contribution is -2.38. The molecule has 18 heavy (non-hydrogen) atoms. The maximum atomic E-state index is 11.5.